The third-order valence-electron chi connectivity index (χ3n) is 5.33. The Hall–Kier alpha value is -2.24. The van der Waals surface area contributed by atoms with Gasteiger partial charge in [-0.25, -0.2) is 9.98 Å². The van der Waals surface area contributed by atoms with Crippen LogP contribution in [0.15, 0.2) is 76.3 Å². The molecule has 2 aliphatic carbocycles. The van der Waals surface area contributed by atoms with Gasteiger partial charge in [-0.3, -0.25) is 4.57 Å². The van der Waals surface area contributed by atoms with E-state index in [0.717, 1.165) is 27.2 Å². The number of fused-ring (bicyclic) bond motifs is 5. The second-order valence-electron chi connectivity index (χ2n) is 6.79. The predicted molar refractivity (Wildman–Crippen MR) is 101 cm³/mol. The minimum atomic E-state index is -1.06. The van der Waals surface area contributed by atoms with E-state index in [2.05, 4.69) is 39.1 Å². The summed E-state index contributed by atoms with van der Waals surface area (Å²) in [5.41, 5.74) is 3.02. The van der Waals surface area contributed by atoms with Crippen LogP contribution in [-0.4, -0.2) is 20.4 Å². The van der Waals surface area contributed by atoms with Crippen LogP contribution in [0.2, 0.25) is 0 Å². The van der Waals surface area contributed by atoms with Crippen LogP contribution in [0, 0.1) is 5.92 Å². The summed E-state index contributed by atoms with van der Waals surface area (Å²) in [5.74, 6) is 0.941. The van der Waals surface area contributed by atoms with Crippen LogP contribution < -0.4 is 0 Å². The van der Waals surface area contributed by atoms with Crippen molar-refractivity contribution in [2.45, 2.75) is 18.4 Å². The Morgan fingerprint density at radius 2 is 2.08 bits per heavy atom. The summed E-state index contributed by atoms with van der Waals surface area (Å²) < 4.78 is 2.94. The number of aliphatic imine (C=N–C) groups is 1. The summed E-state index contributed by atoms with van der Waals surface area (Å²) in [6, 6.07) is 8.16. The Labute approximate surface area is 154 Å². The number of aromatic nitrogens is 2. The monoisotopic (exact) mass is 393 g/mol. The van der Waals surface area contributed by atoms with Crippen LogP contribution in [0.5, 0.6) is 0 Å². The molecule has 1 aliphatic heterocycles. The van der Waals surface area contributed by atoms with Gasteiger partial charge >= 0.3 is 0 Å². The SMILES string of the molecule is CC1(O)C2=C(n3ccnc3)N=C3C=CC(Br)=CC3C2c2ccccc21. The van der Waals surface area contributed by atoms with Gasteiger partial charge in [0.1, 0.15) is 17.7 Å². The zero-order valence-electron chi connectivity index (χ0n) is 13.6. The zero-order valence-corrected chi connectivity index (χ0v) is 15.2. The number of hydrogen-bond acceptors (Lipinski definition) is 3. The molecule has 25 heavy (non-hydrogen) atoms. The highest BCUT2D eigenvalue weighted by atomic mass is 79.9. The van der Waals surface area contributed by atoms with Crippen LogP contribution in [0.3, 0.4) is 0 Å². The highest BCUT2D eigenvalue weighted by Crippen LogP contribution is 2.56. The van der Waals surface area contributed by atoms with Crippen LogP contribution in [0.25, 0.3) is 5.82 Å². The van der Waals surface area contributed by atoms with Crippen molar-refractivity contribution in [1.82, 2.24) is 9.55 Å². The summed E-state index contributed by atoms with van der Waals surface area (Å²) in [5, 5.41) is 11.5. The van der Waals surface area contributed by atoms with Crippen molar-refractivity contribution in [1.29, 1.82) is 0 Å². The van der Waals surface area contributed by atoms with Crippen LogP contribution in [0.1, 0.15) is 24.0 Å². The Morgan fingerprint density at radius 3 is 2.88 bits per heavy atom. The van der Waals surface area contributed by atoms with E-state index in [0.29, 0.717) is 0 Å². The number of halogens is 1. The van der Waals surface area contributed by atoms with E-state index in [1.54, 1.807) is 12.5 Å². The van der Waals surface area contributed by atoms with Gasteiger partial charge in [0.25, 0.3) is 0 Å². The van der Waals surface area contributed by atoms with Crippen LogP contribution in [0.4, 0.5) is 0 Å². The molecule has 0 spiro atoms. The molecule has 0 saturated carbocycles. The Morgan fingerprint density at radius 1 is 1.24 bits per heavy atom. The molecule has 3 aliphatic rings. The lowest BCUT2D eigenvalue weighted by molar-refractivity contribution is 0.0998. The van der Waals surface area contributed by atoms with Gasteiger partial charge in [0.05, 0.1) is 5.71 Å². The number of allylic oxidation sites excluding steroid dienone is 4. The second-order valence-corrected chi connectivity index (χ2v) is 7.71. The summed E-state index contributed by atoms with van der Waals surface area (Å²) in [7, 11) is 0. The Kier molecular flexibility index (Phi) is 3.09. The molecule has 0 fully saturated rings. The minimum Gasteiger partial charge on any atom is -0.381 e. The Balaban J connectivity index is 1.85. The van der Waals surface area contributed by atoms with Crippen molar-refractivity contribution in [3.63, 3.8) is 0 Å². The molecule has 124 valence electrons. The lowest BCUT2D eigenvalue weighted by atomic mass is 9.76. The van der Waals surface area contributed by atoms with Gasteiger partial charge in [0, 0.05) is 34.3 Å². The molecule has 3 atom stereocenters. The largest absolute Gasteiger partial charge is 0.381 e. The molecule has 1 N–H and O–H groups in total. The van der Waals surface area contributed by atoms with Crippen molar-refractivity contribution in [2.24, 2.45) is 10.9 Å². The number of benzene rings is 1. The quantitative estimate of drug-likeness (QED) is 0.796. The van der Waals surface area contributed by atoms with E-state index < -0.39 is 5.60 Å². The molecule has 2 heterocycles. The standard InChI is InChI=1S/C20H16BrN3O/c1-20(25)15-5-3-2-4-13(15)17-14-10-12(21)6-7-16(14)23-19(18(17)20)24-9-8-22-11-24/h2-11,14,17,25H,1H3. The van der Waals surface area contributed by atoms with Crippen molar-refractivity contribution < 1.29 is 5.11 Å². The average molecular weight is 394 g/mol. The first-order valence-corrected chi connectivity index (χ1v) is 9.05. The molecule has 1 aromatic heterocycles. The minimum absolute atomic E-state index is 0.0635. The third kappa shape index (κ3) is 2.03. The number of nitrogens with zero attached hydrogens (tertiary/aromatic N) is 3. The molecule has 5 heteroatoms. The van der Waals surface area contributed by atoms with E-state index in [1.165, 1.54) is 5.56 Å². The van der Waals surface area contributed by atoms with Gasteiger partial charge in [-0.15, -0.1) is 0 Å². The molecule has 0 amide bonds. The summed E-state index contributed by atoms with van der Waals surface area (Å²) in [4.78, 5) is 9.07. The number of rotatable bonds is 1. The van der Waals surface area contributed by atoms with Crippen LogP contribution >= 0.6 is 15.9 Å². The van der Waals surface area contributed by atoms with Crippen molar-refractivity contribution >= 4 is 27.5 Å². The normalized spacial score (nSPS) is 29.7. The van der Waals surface area contributed by atoms with Gasteiger partial charge in [0.15, 0.2) is 0 Å². The molecule has 3 unspecified atom stereocenters. The van der Waals surface area contributed by atoms with Gasteiger partial charge < -0.3 is 5.11 Å². The van der Waals surface area contributed by atoms with Gasteiger partial charge in [-0.05, 0) is 30.2 Å². The predicted octanol–water partition coefficient (Wildman–Crippen LogP) is 3.98. The molecule has 0 saturated heterocycles. The molecule has 5 rings (SSSR count). The van der Waals surface area contributed by atoms with E-state index >= 15 is 0 Å². The van der Waals surface area contributed by atoms with Gasteiger partial charge in [0.2, 0.25) is 0 Å². The van der Waals surface area contributed by atoms with Crippen LogP contribution in [-0.2, 0) is 5.60 Å². The molecule has 2 aromatic rings. The van der Waals surface area contributed by atoms with Crippen molar-refractivity contribution in [3.05, 3.63) is 82.4 Å². The second kappa shape index (κ2) is 5.13. The first-order valence-electron chi connectivity index (χ1n) is 8.26. The number of hydrogen-bond donors (Lipinski definition) is 1. The summed E-state index contributed by atoms with van der Waals surface area (Å²) in [6.45, 7) is 1.87. The smallest absolute Gasteiger partial charge is 0.141 e. The highest BCUT2D eigenvalue weighted by molar-refractivity contribution is 9.11. The first kappa shape index (κ1) is 15.0. The topological polar surface area (TPSA) is 50.4 Å². The molecule has 1 aromatic carbocycles. The maximum atomic E-state index is 11.5. The Bertz CT molecular complexity index is 996. The molecular weight excluding hydrogens is 378 g/mol. The van der Waals surface area contributed by atoms with E-state index in [1.807, 2.05) is 42.0 Å². The van der Waals surface area contributed by atoms with Gasteiger partial charge in [-0.1, -0.05) is 46.3 Å². The van der Waals surface area contributed by atoms with E-state index in [-0.39, 0.29) is 11.8 Å². The summed E-state index contributed by atoms with van der Waals surface area (Å²) >= 11 is 3.60. The van der Waals surface area contributed by atoms with E-state index in [9.17, 15) is 5.11 Å². The maximum absolute atomic E-state index is 11.5. The lowest BCUT2D eigenvalue weighted by Crippen LogP contribution is -2.31. The fourth-order valence-corrected chi connectivity index (χ4v) is 4.69. The highest BCUT2D eigenvalue weighted by Gasteiger charge is 2.51. The fourth-order valence-electron chi connectivity index (χ4n) is 4.28. The third-order valence-corrected chi connectivity index (χ3v) is 5.86. The number of imidazole rings is 1. The zero-order chi connectivity index (χ0) is 17.2. The summed E-state index contributed by atoms with van der Waals surface area (Å²) in [6.07, 6.45) is 11.6. The van der Waals surface area contributed by atoms with Crippen molar-refractivity contribution in [3.8, 4) is 0 Å². The lowest BCUT2D eigenvalue weighted by Gasteiger charge is -2.34. The molecule has 0 bridgehead atoms. The molecular formula is C20H16BrN3O. The molecule has 4 nitrogen and oxygen atoms in total. The van der Waals surface area contributed by atoms with E-state index in [4.69, 9.17) is 4.99 Å². The number of aliphatic hydroxyl groups is 1. The van der Waals surface area contributed by atoms with Gasteiger partial charge in [-0.2, -0.15) is 0 Å². The maximum Gasteiger partial charge on any atom is 0.141 e. The van der Waals surface area contributed by atoms with Crippen molar-refractivity contribution in [2.75, 3.05) is 0 Å². The average Bonchev–Trinajstić information content (AvgIpc) is 3.21. The molecule has 0 radical (unpaired) electrons. The first-order chi connectivity index (χ1) is 12.1. The fraction of sp³-hybridized carbons (Fsp3) is 0.200.